The zero-order valence-electron chi connectivity index (χ0n) is 9.91. The van der Waals surface area contributed by atoms with Crippen molar-refractivity contribution in [1.29, 1.82) is 0 Å². The van der Waals surface area contributed by atoms with Gasteiger partial charge < -0.3 is 9.47 Å². The lowest BCUT2D eigenvalue weighted by atomic mass is 10.1. The minimum atomic E-state index is -0.585. The van der Waals surface area contributed by atoms with E-state index in [1.54, 1.807) is 7.11 Å². The van der Waals surface area contributed by atoms with E-state index in [1.165, 1.54) is 25.7 Å². The van der Waals surface area contributed by atoms with Crippen LogP contribution in [0.3, 0.4) is 0 Å². The molecule has 5 heteroatoms. The van der Waals surface area contributed by atoms with Gasteiger partial charge in [-0.2, -0.15) is 0 Å². The van der Waals surface area contributed by atoms with Crippen molar-refractivity contribution in [3.05, 3.63) is 0 Å². The Kier molecular flexibility index (Phi) is 6.37. The molecule has 1 rings (SSSR count). The van der Waals surface area contributed by atoms with Gasteiger partial charge in [-0.1, -0.05) is 25.7 Å². The summed E-state index contributed by atoms with van der Waals surface area (Å²) in [6, 6.07) is 0. The largest absolute Gasteiger partial charge is 0.381 e. The second-order valence-electron chi connectivity index (χ2n) is 4.20. The Labute approximate surface area is 96.6 Å². The van der Waals surface area contributed by atoms with E-state index in [9.17, 15) is 4.79 Å². The average molecular weight is 230 g/mol. The normalized spacial score (nSPS) is 20.1. The van der Waals surface area contributed by atoms with Crippen LogP contribution in [0, 0.1) is 0 Å². The number of ether oxygens (including phenoxy) is 2. The third-order valence-electron chi connectivity index (χ3n) is 2.91. The third kappa shape index (κ3) is 4.47. The molecular weight excluding hydrogens is 208 g/mol. The molecule has 1 aliphatic carbocycles. The smallest absolute Gasteiger partial charge is 0.265 e. The van der Waals surface area contributed by atoms with Gasteiger partial charge in [-0.15, -0.1) is 0 Å². The van der Waals surface area contributed by atoms with Gasteiger partial charge in [0.25, 0.3) is 5.91 Å². The van der Waals surface area contributed by atoms with Crippen LogP contribution in [-0.2, 0) is 14.3 Å². The molecule has 0 spiro atoms. The Hall–Kier alpha value is -0.650. The highest BCUT2D eigenvalue weighted by Crippen LogP contribution is 2.21. The molecule has 0 heterocycles. The van der Waals surface area contributed by atoms with E-state index < -0.39 is 6.10 Å². The molecule has 1 atom stereocenters. The van der Waals surface area contributed by atoms with Crippen LogP contribution >= 0.6 is 0 Å². The lowest BCUT2D eigenvalue weighted by molar-refractivity contribution is -0.141. The van der Waals surface area contributed by atoms with E-state index in [-0.39, 0.29) is 18.6 Å². The average Bonchev–Trinajstić information content (AvgIpc) is 2.56. The second kappa shape index (κ2) is 7.60. The van der Waals surface area contributed by atoms with Crippen LogP contribution in [0.15, 0.2) is 0 Å². The minimum Gasteiger partial charge on any atom is -0.381 e. The van der Waals surface area contributed by atoms with Crippen LogP contribution in [0.5, 0.6) is 0 Å². The molecule has 1 amide bonds. The van der Waals surface area contributed by atoms with Crippen molar-refractivity contribution in [2.45, 2.75) is 50.7 Å². The zero-order valence-corrected chi connectivity index (χ0v) is 9.91. The number of carbonyl (C=O) groups excluding carboxylic acids is 1. The highest BCUT2D eigenvalue weighted by atomic mass is 16.5. The summed E-state index contributed by atoms with van der Waals surface area (Å²) >= 11 is 0. The molecule has 16 heavy (non-hydrogen) atoms. The molecule has 0 bridgehead atoms. The van der Waals surface area contributed by atoms with E-state index in [0.29, 0.717) is 0 Å². The van der Waals surface area contributed by atoms with Crippen molar-refractivity contribution >= 4 is 5.91 Å². The van der Waals surface area contributed by atoms with Crippen LogP contribution in [0.1, 0.15) is 38.5 Å². The van der Waals surface area contributed by atoms with Crippen molar-refractivity contribution in [2.24, 2.45) is 5.84 Å². The third-order valence-corrected chi connectivity index (χ3v) is 2.91. The molecule has 1 aliphatic rings. The lowest BCUT2D eigenvalue weighted by Gasteiger charge is -2.22. The molecule has 0 aliphatic heterocycles. The number of amides is 1. The SMILES string of the molecule is COCC(OC1CCCCCC1)C(=O)NN. The predicted octanol–water partition coefficient (Wildman–Crippen LogP) is 0.731. The molecule has 5 nitrogen and oxygen atoms in total. The number of methoxy groups -OCH3 is 1. The van der Waals surface area contributed by atoms with E-state index in [2.05, 4.69) is 5.43 Å². The number of nitrogens with one attached hydrogen (secondary N) is 1. The molecule has 0 aromatic rings. The number of hydrazine groups is 1. The highest BCUT2D eigenvalue weighted by molar-refractivity contribution is 5.80. The van der Waals surface area contributed by atoms with Gasteiger partial charge in [-0.05, 0) is 12.8 Å². The highest BCUT2D eigenvalue weighted by Gasteiger charge is 2.23. The Balaban J connectivity index is 2.42. The van der Waals surface area contributed by atoms with E-state index in [0.717, 1.165) is 12.8 Å². The number of rotatable bonds is 5. The first-order valence-corrected chi connectivity index (χ1v) is 5.92. The molecule has 0 aromatic heterocycles. The van der Waals surface area contributed by atoms with E-state index in [4.69, 9.17) is 15.3 Å². The Morgan fingerprint density at radius 3 is 2.50 bits per heavy atom. The molecule has 94 valence electrons. The molecule has 1 fully saturated rings. The van der Waals surface area contributed by atoms with Gasteiger partial charge in [0.05, 0.1) is 12.7 Å². The first-order valence-electron chi connectivity index (χ1n) is 5.92. The molecule has 3 N–H and O–H groups in total. The number of hydrogen-bond acceptors (Lipinski definition) is 4. The van der Waals surface area contributed by atoms with Crippen LogP contribution in [0.2, 0.25) is 0 Å². The van der Waals surface area contributed by atoms with Crippen molar-refractivity contribution in [2.75, 3.05) is 13.7 Å². The van der Waals surface area contributed by atoms with Crippen LogP contribution in [0.4, 0.5) is 0 Å². The van der Waals surface area contributed by atoms with Crippen molar-refractivity contribution in [3.63, 3.8) is 0 Å². The van der Waals surface area contributed by atoms with Crippen molar-refractivity contribution < 1.29 is 14.3 Å². The van der Waals surface area contributed by atoms with E-state index in [1.807, 2.05) is 0 Å². The molecule has 0 radical (unpaired) electrons. The fourth-order valence-electron chi connectivity index (χ4n) is 2.03. The van der Waals surface area contributed by atoms with E-state index >= 15 is 0 Å². The fourth-order valence-corrected chi connectivity index (χ4v) is 2.03. The Morgan fingerprint density at radius 2 is 2.00 bits per heavy atom. The summed E-state index contributed by atoms with van der Waals surface area (Å²) in [5, 5.41) is 0. The van der Waals surface area contributed by atoms with Gasteiger partial charge in [0.15, 0.2) is 6.10 Å². The van der Waals surface area contributed by atoms with Crippen molar-refractivity contribution in [1.82, 2.24) is 5.43 Å². The topological polar surface area (TPSA) is 73.6 Å². The van der Waals surface area contributed by atoms with Gasteiger partial charge >= 0.3 is 0 Å². The van der Waals surface area contributed by atoms with Gasteiger partial charge in [-0.25, -0.2) is 5.84 Å². The number of carbonyl (C=O) groups is 1. The summed E-state index contributed by atoms with van der Waals surface area (Å²) in [4.78, 5) is 11.4. The van der Waals surface area contributed by atoms with Crippen LogP contribution in [-0.4, -0.2) is 31.8 Å². The maximum atomic E-state index is 11.4. The maximum absolute atomic E-state index is 11.4. The maximum Gasteiger partial charge on any atom is 0.265 e. The standard InChI is InChI=1S/C11H22N2O3/c1-15-8-10(11(14)13-12)16-9-6-4-2-3-5-7-9/h9-10H,2-8,12H2,1H3,(H,13,14). The summed E-state index contributed by atoms with van der Waals surface area (Å²) < 4.78 is 10.7. The molecule has 0 saturated heterocycles. The molecule has 1 saturated carbocycles. The minimum absolute atomic E-state index is 0.167. The molecular formula is C11H22N2O3. The lowest BCUT2D eigenvalue weighted by Crippen LogP contribution is -2.44. The van der Waals surface area contributed by atoms with Crippen LogP contribution in [0.25, 0.3) is 0 Å². The number of nitrogens with two attached hydrogens (primary N) is 1. The van der Waals surface area contributed by atoms with Gasteiger partial charge in [0.2, 0.25) is 0 Å². The second-order valence-corrected chi connectivity index (χ2v) is 4.20. The summed E-state index contributed by atoms with van der Waals surface area (Å²) in [6.07, 6.45) is 6.51. The summed E-state index contributed by atoms with van der Waals surface area (Å²) in [7, 11) is 1.55. The Morgan fingerprint density at radius 1 is 1.38 bits per heavy atom. The summed E-state index contributed by atoms with van der Waals surface area (Å²) in [5.41, 5.74) is 2.11. The van der Waals surface area contributed by atoms with Gasteiger partial charge in [0.1, 0.15) is 0 Å². The first kappa shape index (κ1) is 13.4. The Bertz CT molecular complexity index is 203. The van der Waals surface area contributed by atoms with Gasteiger partial charge in [0, 0.05) is 7.11 Å². The quantitative estimate of drug-likeness (QED) is 0.316. The predicted molar refractivity (Wildman–Crippen MR) is 60.6 cm³/mol. The fraction of sp³-hybridized carbons (Fsp3) is 0.909. The zero-order chi connectivity index (χ0) is 11.8. The molecule has 0 aromatic carbocycles. The van der Waals surface area contributed by atoms with Crippen LogP contribution < -0.4 is 11.3 Å². The first-order chi connectivity index (χ1) is 7.77. The summed E-state index contributed by atoms with van der Waals surface area (Å²) in [5.74, 6) is 4.79. The monoisotopic (exact) mass is 230 g/mol. The number of hydrogen-bond donors (Lipinski definition) is 2. The van der Waals surface area contributed by atoms with Crippen molar-refractivity contribution in [3.8, 4) is 0 Å². The van der Waals surface area contributed by atoms with Gasteiger partial charge in [-0.3, -0.25) is 10.2 Å². The summed E-state index contributed by atoms with van der Waals surface area (Å²) in [6.45, 7) is 0.250. The molecule has 1 unspecified atom stereocenters.